The van der Waals surface area contributed by atoms with Crippen molar-refractivity contribution in [3.63, 3.8) is 0 Å². The summed E-state index contributed by atoms with van der Waals surface area (Å²) in [6, 6.07) is 25.4. The van der Waals surface area contributed by atoms with E-state index in [0.717, 1.165) is 22.3 Å². The minimum Gasteiger partial charge on any atom is -0.389 e. The molecule has 3 aliphatic rings. The second-order valence-corrected chi connectivity index (χ2v) is 7.59. The monoisotopic (exact) mass is 338 g/mol. The van der Waals surface area contributed by atoms with E-state index < -0.39 is 12.2 Å². The van der Waals surface area contributed by atoms with Crippen molar-refractivity contribution in [2.24, 2.45) is 0 Å². The summed E-state index contributed by atoms with van der Waals surface area (Å²) in [5.74, 6) is -0.344. The van der Waals surface area contributed by atoms with Crippen LogP contribution in [0.15, 0.2) is 72.8 Å². The number of aliphatic hydroxyl groups excluding tert-OH is 2. The number of hydrogen-bond acceptors (Lipinski definition) is 2. The van der Waals surface area contributed by atoms with E-state index in [-0.39, 0.29) is 11.8 Å². The van der Waals surface area contributed by atoms with Gasteiger partial charge in [-0.3, -0.25) is 0 Å². The van der Waals surface area contributed by atoms with Gasteiger partial charge >= 0.3 is 0 Å². The normalized spacial score (nSPS) is 26.1. The molecule has 0 aliphatic heterocycles. The molecule has 0 aromatic heterocycles. The fourth-order valence-corrected chi connectivity index (χ4v) is 5.09. The van der Waals surface area contributed by atoms with Gasteiger partial charge < -0.3 is 10.2 Å². The van der Waals surface area contributed by atoms with Crippen molar-refractivity contribution in [2.45, 2.75) is 24.0 Å². The lowest BCUT2D eigenvalue weighted by Gasteiger charge is -2.47. The Kier molecular flexibility index (Phi) is 2.75. The Hall–Kier alpha value is -2.68. The molecule has 0 radical (unpaired) electrons. The Balaban J connectivity index is 1.71. The molecule has 2 bridgehead atoms. The molecule has 0 fully saturated rings. The average Bonchev–Trinajstić information content (AvgIpc) is 2.67. The molecule has 126 valence electrons. The molecular weight excluding hydrogens is 320 g/mol. The molecule has 2 heteroatoms. The van der Waals surface area contributed by atoms with E-state index in [1.807, 2.05) is 24.3 Å². The SMILES string of the molecule is OC1C2c3cc4ccccc4cc3C(c3cc4ccccc4cc32)C1O. The first-order chi connectivity index (χ1) is 12.7. The lowest BCUT2D eigenvalue weighted by molar-refractivity contribution is -0.0152. The van der Waals surface area contributed by atoms with Crippen molar-refractivity contribution < 1.29 is 10.2 Å². The number of fused-ring (bicyclic) bond motifs is 3. The van der Waals surface area contributed by atoms with Gasteiger partial charge in [-0.25, -0.2) is 0 Å². The van der Waals surface area contributed by atoms with Crippen LogP contribution in [0.5, 0.6) is 0 Å². The molecule has 2 unspecified atom stereocenters. The van der Waals surface area contributed by atoms with Crippen LogP contribution in [0.3, 0.4) is 0 Å². The van der Waals surface area contributed by atoms with Gasteiger partial charge in [0.25, 0.3) is 0 Å². The summed E-state index contributed by atoms with van der Waals surface area (Å²) < 4.78 is 0. The smallest absolute Gasteiger partial charge is 0.0917 e. The maximum atomic E-state index is 10.9. The highest BCUT2D eigenvalue weighted by molar-refractivity contribution is 5.88. The third-order valence-corrected chi connectivity index (χ3v) is 6.28. The first-order valence-corrected chi connectivity index (χ1v) is 9.14. The highest BCUT2D eigenvalue weighted by Gasteiger charge is 2.48. The van der Waals surface area contributed by atoms with Gasteiger partial charge in [0.2, 0.25) is 0 Å². The van der Waals surface area contributed by atoms with Gasteiger partial charge in [-0.15, -0.1) is 0 Å². The zero-order valence-electron chi connectivity index (χ0n) is 14.1. The average molecular weight is 338 g/mol. The van der Waals surface area contributed by atoms with E-state index in [1.54, 1.807) is 0 Å². The second-order valence-electron chi connectivity index (χ2n) is 7.59. The molecule has 3 aliphatic carbocycles. The summed E-state index contributed by atoms with van der Waals surface area (Å²) in [5, 5.41) is 26.4. The van der Waals surface area contributed by atoms with Crippen molar-refractivity contribution in [3.05, 3.63) is 95.1 Å². The fourth-order valence-electron chi connectivity index (χ4n) is 5.09. The summed E-state index contributed by atoms with van der Waals surface area (Å²) >= 11 is 0. The summed E-state index contributed by atoms with van der Waals surface area (Å²) in [5.41, 5.74) is 4.65. The van der Waals surface area contributed by atoms with Crippen LogP contribution in [0.25, 0.3) is 21.5 Å². The Morgan fingerprint density at radius 1 is 0.462 bits per heavy atom. The molecule has 7 rings (SSSR count). The molecule has 26 heavy (non-hydrogen) atoms. The molecule has 0 amide bonds. The van der Waals surface area contributed by atoms with Crippen LogP contribution in [-0.2, 0) is 0 Å². The summed E-state index contributed by atoms with van der Waals surface area (Å²) in [4.78, 5) is 0. The van der Waals surface area contributed by atoms with Crippen molar-refractivity contribution in [3.8, 4) is 0 Å². The Labute approximate surface area is 151 Å². The highest BCUT2D eigenvalue weighted by Crippen LogP contribution is 2.54. The molecule has 4 aromatic carbocycles. The lowest BCUT2D eigenvalue weighted by Crippen LogP contribution is -2.47. The zero-order chi connectivity index (χ0) is 17.4. The van der Waals surface area contributed by atoms with Crippen LogP contribution in [0.2, 0.25) is 0 Å². The fraction of sp³-hybridized carbons (Fsp3) is 0.167. The van der Waals surface area contributed by atoms with E-state index in [9.17, 15) is 10.2 Å². The van der Waals surface area contributed by atoms with Crippen LogP contribution < -0.4 is 0 Å². The van der Waals surface area contributed by atoms with Gasteiger partial charge in [-0.2, -0.15) is 0 Å². The Morgan fingerprint density at radius 2 is 0.731 bits per heavy atom. The first-order valence-electron chi connectivity index (χ1n) is 9.14. The standard InChI is InChI=1S/C24H18O2/c25-23-21-17-9-13-5-1-2-6-14(13)10-18(17)22(24(23)26)20-12-16-8-4-3-7-15(16)11-19(20)21/h1-12,21-26H. The molecule has 0 saturated heterocycles. The van der Waals surface area contributed by atoms with E-state index in [1.165, 1.54) is 21.5 Å². The molecule has 0 heterocycles. The molecule has 2 nitrogen and oxygen atoms in total. The minimum atomic E-state index is -0.762. The maximum Gasteiger partial charge on any atom is 0.0917 e. The maximum absolute atomic E-state index is 10.9. The van der Waals surface area contributed by atoms with Gasteiger partial charge in [0.05, 0.1) is 12.2 Å². The molecular formula is C24H18O2. The summed E-state index contributed by atoms with van der Waals surface area (Å²) in [6.07, 6.45) is -1.52. The predicted molar refractivity (Wildman–Crippen MR) is 104 cm³/mol. The van der Waals surface area contributed by atoms with E-state index in [0.29, 0.717) is 0 Å². The quantitative estimate of drug-likeness (QED) is 0.502. The van der Waals surface area contributed by atoms with Crippen LogP contribution in [0, 0.1) is 0 Å². The summed E-state index contributed by atoms with van der Waals surface area (Å²) in [6.45, 7) is 0. The third kappa shape index (κ3) is 1.73. The van der Waals surface area contributed by atoms with Gasteiger partial charge in [-0.05, 0) is 43.8 Å². The first kappa shape index (κ1) is 14.5. The number of hydrogen-bond donors (Lipinski definition) is 2. The molecule has 4 aromatic rings. The van der Waals surface area contributed by atoms with Gasteiger partial charge in [-0.1, -0.05) is 72.8 Å². The number of benzene rings is 4. The van der Waals surface area contributed by atoms with E-state index in [2.05, 4.69) is 48.5 Å². The Morgan fingerprint density at radius 3 is 1.00 bits per heavy atom. The van der Waals surface area contributed by atoms with Crippen LogP contribution in [0.4, 0.5) is 0 Å². The molecule has 0 spiro atoms. The lowest BCUT2D eigenvalue weighted by atomic mass is 9.60. The molecule has 2 atom stereocenters. The van der Waals surface area contributed by atoms with Crippen molar-refractivity contribution in [1.29, 1.82) is 0 Å². The van der Waals surface area contributed by atoms with Gasteiger partial charge in [0, 0.05) is 11.8 Å². The topological polar surface area (TPSA) is 40.5 Å². The number of rotatable bonds is 0. The minimum absolute atomic E-state index is 0.172. The van der Waals surface area contributed by atoms with Crippen molar-refractivity contribution in [1.82, 2.24) is 0 Å². The highest BCUT2D eigenvalue weighted by atomic mass is 16.3. The van der Waals surface area contributed by atoms with Crippen LogP contribution in [-0.4, -0.2) is 22.4 Å². The summed E-state index contributed by atoms with van der Waals surface area (Å²) in [7, 11) is 0. The van der Waals surface area contributed by atoms with E-state index >= 15 is 0 Å². The van der Waals surface area contributed by atoms with Crippen LogP contribution >= 0.6 is 0 Å². The van der Waals surface area contributed by atoms with Gasteiger partial charge in [0.1, 0.15) is 0 Å². The zero-order valence-corrected chi connectivity index (χ0v) is 14.1. The Bertz CT molecular complexity index is 1010. The molecule has 2 N–H and O–H groups in total. The van der Waals surface area contributed by atoms with E-state index in [4.69, 9.17) is 0 Å². The predicted octanol–water partition coefficient (Wildman–Crippen LogP) is 4.31. The van der Waals surface area contributed by atoms with Gasteiger partial charge in [0.15, 0.2) is 0 Å². The second kappa shape index (κ2) is 4.94. The number of aliphatic hydroxyl groups is 2. The van der Waals surface area contributed by atoms with Crippen molar-refractivity contribution in [2.75, 3.05) is 0 Å². The third-order valence-electron chi connectivity index (χ3n) is 6.28. The van der Waals surface area contributed by atoms with Crippen LogP contribution in [0.1, 0.15) is 34.1 Å². The van der Waals surface area contributed by atoms with Crippen molar-refractivity contribution >= 4 is 21.5 Å². The largest absolute Gasteiger partial charge is 0.389 e. The molecule has 0 saturated carbocycles.